The van der Waals surface area contributed by atoms with Crippen LogP contribution in [0.1, 0.15) is 43.5 Å². The van der Waals surface area contributed by atoms with Crippen LogP contribution in [0.15, 0.2) is 35.3 Å². The summed E-state index contributed by atoms with van der Waals surface area (Å²) in [5.74, 6) is -0.534. The standard InChI is InChI=1S/C19H22ClN3O3/c1-4-13-10-9-12(2)22(13)16-11-21-23(18(24)17(16)20)15-8-6-5-7-14(15)19(25)26-3/h5-8,11-13H,4,9-10H2,1-3H3/t12-,13-/m0/s1. The van der Waals surface area contributed by atoms with Gasteiger partial charge in [-0.1, -0.05) is 30.7 Å². The highest BCUT2D eigenvalue weighted by molar-refractivity contribution is 6.33. The van der Waals surface area contributed by atoms with Gasteiger partial charge in [-0.25, -0.2) is 4.79 Å². The lowest BCUT2D eigenvalue weighted by atomic mass is 10.1. The van der Waals surface area contributed by atoms with Gasteiger partial charge in [0, 0.05) is 12.1 Å². The minimum absolute atomic E-state index is 0.117. The summed E-state index contributed by atoms with van der Waals surface area (Å²) in [6.45, 7) is 4.26. The lowest BCUT2D eigenvalue weighted by Gasteiger charge is -2.30. The largest absolute Gasteiger partial charge is 0.465 e. The average molecular weight is 376 g/mol. The molecule has 2 atom stereocenters. The van der Waals surface area contributed by atoms with E-state index in [4.69, 9.17) is 16.3 Å². The molecule has 138 valence electrons. The third-order valence-corrected chi connectivity index (χ3v) is 5.33. The summed E-state index contributed by atoms with van der Waals surface area (Å²) in [6.07, 6.45) is 4.72. The van der Waals surface area contributed by atoms with E-state index in [0.29, 0.717) is 23.5 Å². The van der Waals surface area contributed by atoms with Crippen molar-refractivity contribution in [1.82, 2.24) is 9.78 Å². The highest BCUT2D eigenvalue weighted by Gasteiger charge is 2.32. The normalized spacial score (nSPS) is 19.6. The number of para-hydroxylation sites is 1. The Hall–Kier alpha value is -2.34. The van der Waals surface area contributed by atoms with Gasteiger partial charge in [0.2, 0.25) is 0 Å². The summed E-state index contributed by atoms with van der Waals surface area (Å²) in [5, 5.41) is 4.42. The molecule has 3 rings (SSSR count). The molecule has 1 saturated heterocycles. The molecular formula is C19H22ClN3O3. The predicted octanol–water partition coefficient (Wildman–Crippen LogP) is 3.44. The van der Waals surface area contributed by atoms with Crippen molar-refractivity contribution in [2.24, 2.45) is 0 Å². The quantitative estimate of drug-likeness (QED) is 0.766. The Labute approximate surface area is 157 Å². The molecule has 7 heteroatoms. The number of hydrogen-bond donors (Lipinski definition) is 0. The second-order valence-electron chi connectivity index (χ2n) is 6.47. The molecule has 0 saturated carbocycles. The van der Waals surface area contributed by atoms with E-state index in [1.807, 2.05) is 0 Å². The Morgan fingerprint density at radius 2 is 2.04 bits per heavy atom. The van der Waals surface area contributed by atoms with Crippen LogP contribution in [0.25, 0.3) is 5.69 Å². The Bertz CT molecular complexity index is 881. The van der Waals surface area contributed by atoms with Crippen LogP contribution in [0.3, 0.4) is 0 Å². The molecule has 1 aromatic carbocycles. The minimum atomic E-state index is -0.534. The molecule has 0 aliphatic carbocycles. The van der Waals surface area contributed by atoms with Crippen molar-refractivity contribution in [3.63, 3.8) is 0 Å². The third kappa shape index (κ3) is 3.09. The predicted molar refractivity (Wildman–Crippen MR) is 101 cm³/mol. The maximum absolute atomic E-state index is 12.9. The zero-order chi connectivity index (χ0) is 18.8. The Morgan fingerprint density at radius 3 is 2.73 bits per heavy atom. The number of esters is 1. The van der Waals surface area contributed by atoms with Gasteiger partial charge >= 0.3 is 5.97 Å². The number of halogens is 1. The van der Waals surface area contributed by atoms with Crippen LogP contribution in [0.5, 0.6) is 0 Å². The third-order valence-electron chi connectivity index (χ3n) is 4.97. The van der Waals surface area contributed by atoms with Gasteiger partial charge in [-0.15, -0.1) is 0 Å². The van der Waals surface area contributed by atoms with Gasteiger partial charge in [-0.2, -0.15) is 9.78 Å². The van der Waals surface area contributed by atoms with Gasteiger partial charge < -0.3 is 9.64 Å². The van der Waals surface area contributed by atoms with E-state index in [1.165, 1.54) is 7.11 Å². The fourth-order valence-corrected chi connectivity index (χ4v) is 3.85. The number of hydrogen-bond acceptors (Lipinski definition) is 5. The Morgan fingerprint density at radius 1 is 1.31 bits per heavy atom. The highest BCUT2D eigenvalue weighted by atomic mass is 35.5. The van der Waals surface area contributed by atoms with E-state index in [0.717, 1.165) is 23.9 Å². The molecule has 0 N–H and O–H groups in total. The van der Waals surface area contributed by atoms with Crippen LogP contribution >= 0.6 is 11.6 Å². The van der Waals surface area contributed by atoms with Crippen LogP contribution in [0.2, 0.25) is 5.02 Å². The number of nitrogens with zero attached hydrogens (tertiary/aromatic N) is 3. The Kier molecular flexibility index (Phi) is 5.32. The SMILES string of the molecule is CC[C@H]1CC[C@H](C)N1c1cnn(-c2ccccc2C(=O)OC)c(=O)c1Cl. The molecule has 2 aromatic rings. The fraction of sp³-hybridized carbons (Fsp3) is 0.421. The summed E-state index contributed by atoms with van der Waals surface area (Å²) in [6, 6.07) is 7.32. The fourth-order valence-electron chi connectivity index (χ4n) is 3.62. The first-order valence-corrected chi connectivity index (χ1v) is 9.11. The van der Waals surface area contributed by atoms with Gasteiger partial charge in [0.05, 0.1) is 30.2 Å². The van der Waals surface area contributed by atoms with Crippen molar-refractivity contribution in [2.45, 2.75) is 45.2 Å². The molecule has 0 amide bonds. The zero-order valence-electron chi connectivity index (χ0n) is 15.1. The smallest absolute Gasteiger partial charge is 0.340 e. The van der Waals surface area contributed by atoms with E-state index in [-0.39, 0.29) is 10.6 Å². The lowest BCUT2D eigenvalue weighted by Crippen LogP contribution is -2.36. The summed E-state index contributed by atoms with van der Waals surface area (Å²) >= 11 is 6.45. The molecule has 1 aliphatic rings. The van der Waals surface area contributed by atoms with Crippen molar-refractivity contribution in [3.8, 4) is 5.69 Å². The average Bonchev–Trinajstić information content (AvgIpc) is 3.04. The highest BCUT2D eigenvalue weighted by Crippen LogP contribution is 2.34. The van der Waals surface area contributed by atoms with Crippen molar-refractivity contribution < 1.29 is 9.53 Å². The van der Waals surface area contributed by atoms with Gasteiger partial charge in [0.1, 0.15) is 5.02 Å². The van der Waals surface area contributed by atoms with E-state index >= 15 is 0 Å². The van der Waals surface area contributed by atoms with Crippen molar-refractivity contribution in [3.05, 3.63) is 51.4 Å². The summed E-state index contributed by atoms with van der Waals surface area (Å²) in [7, 11) is 1.30. The summed E-state index contributed by atoms with van der Waals surface area (Å²) < 4.78 is 5.95. The topological polar surface area (TPSA) is 64.4 Å². The van der Waals surface area contributed by atoms with Crippen molar-refractivity contribution in [2.75, 3.05) is 12.0 Å². The van der Waals surface area contributed by atoms with Crippen LogP contribution < -0.4 is 10.5 Å². The molecule has 0 spiro atoms. The van der Waals surface area contributed by atoms with Crippen molar-refractivity contribution in [1.29, 1.82) is 0 Å². The van der Waals surface area contributed by atoms with E-state index < -0.39 is 11.5 Å². The number of aromatic nitrogens is 2. The van der Waals surface area contributed by atoms with E-state index in [9.17, 15) is 9.59 Å². The molecule has 1 fully saturated rings. The van der Waals surface area contributed by atoms with Gasteiger partial charge in [-0.3, -0.25) is 4.79 Å². The first kappa shape index (κ1) is 18.5. The van der Waals surface area contributed by atoms with Crippen LogP contribution in [0.4, 0.5) is 5.69 Å². The van der Waals surface area contributed by atoms with Crippen LogP contribution in [-0.4, -0.2) is 34.9 Å². The molecule has 0 radical (unpaired) electrons. The minimum Gasteiger partial charge on any atom is -0.465 e. The molecule has 0 bridgehead atoms. The molecule has 26 heavy (non-hydrogen) atoms. The summed E-state index contributed by atoms with van der Waals surface area (Å²) in [5.41, 5.74) is 0.809. The number of carbonyl (C=O) groups excluding carboxylic acids is 1. The molecule has 2 heterocycles. The van der Waals surface area contributed by atoms with Gasteiger partial charge in [0.15, 0.2) is 0 Å². The zero-order valence-corrected chi connectivity index (χ0v) is 15.9. The maximum atomic E-state index is 12.9. The summed E-state index contributed by atoms with van der Waals surface area (Å²) in [4.78, 5) is 27.1. The number of benzene rings is 1. The number of methoxy groups -OCH3 is 1. The first-order valence-electron chi connectivity index (χ1n) is 8.73. The van der Waals surface area contributed by atoms with Gasteiger partial charge in [0.25, 0.3) is 5.56 Å². The molecule has 1 aromatic heterocycles. The Balaban J connectivity index is 2.10. The number of carbonyl (C=O) groups is 1. The van der Waals surface area contributed by atoms with E-state index in [2.05, 4.69) is 23.8 Å². The van der Waals surface area contributed by atoms with Crippen LogP contribution in [-0.2, 0) is 4.74 Å². The lowest BCUT2D eigenvalue weighted by molar-refractivity contribution is 0.0600. The molecule has 1 aliphatic heterocycles. The van der Waals surface area contributed by atoms with Crippen LogP contribution in [0, 0.1) is 0 Å². The maximum Gasteiger partial charge on any atom is 0.340 e. The molecule has 0 unspecified atom stereocenters. The van der Waals surface area contributed by atoms with Crippen molar-refractivity contribution >= 4 is 23.3 Å². The second kappa shape index (κ2) is 7.50. The van der Waals surface area contributed by atoms with Gasteiger partial charge in [-0.05, 0) is 38.3 Å². The molecular weight excluding hydrogens is 354 g/mol. The molecule has 6 nitrogen and oxygen atoms in total. The number of rotatable bonds is 4. The second-order valence-corrected chi connectivity index (χ2v) is 6.84. The number of anilines is 1. The monoisotopic (exact) mass is 375 g/mol. The number of ether oxygens (including phenoxy) is 1. The van der Waals surface area contributed by atoms with E-state index in [1.54, 1.807) is 30.5 Å². The first-order chi connectivity index (χ1) is 12.5.